The number of anilines is 1. The Kier molecular flexibility index (Phi) is 5.25. The predicted octanol–water partition coefficient (Wildman–Crippen LogP) is 1.09. The van der Waals surface area contributed by atoms with Gasteiger partial charge in [0.1, 0.15) is 6.54 Å². The van der Waals surface area contributed by atoms with Crippen LogP contribution in [0.4, 0.5) is 16.2 Å². The summed E-state index contributed by atoms with van der Waals surface area (Å²) in [5.41, 5.74) is 0.279. The summed E-state index contributed by atoms with van der Waals surface area (Å²) in [6, 6.07) is 5.05. The van der Waals surface area contributed by atoms with Crippen molar-refractivity contribution in [1.82, 2.24) is 9.80 Å². The lowest BCUT2D eigenvalue weighted by molar-refractivity contribution is -0.384. The standard InChI is InChI=1S/C16H20N4O5/c21-15-12-18(7-1-6-17-8-10-25-11-9-17)16(22)19(15)13-2-4-14(5-3-13)20(23)24/h2-5H,1,6-12H2. The van der Waals surface area contributed by atoms with Gasteiger partial charge in [0.05, 0.1) is 23.8 Å². The maximum absolute atomic E-state index is 12.5. The van der Waals surface area contributed by atoms with E-state index in [0.29, 0.717) is 12.2 Å². The molecule has 0 atom stereocenters. The van der Waals surface area contributed by atoms with E-state index < -0.39 is 4.92 Å². The summed E-state index contributed by atoms with van der Waals surface area (Å²) in [5.74, 6) is -0.315. The molecule has 2 saturated heterocycles. The quantitative estimate of drug-likeness (QED) is 0.434. The number of benzene rings is 1. The van der Waals surface area contributed by atoms with E-state index in [1.54, 1.807) is 0 Å². The van der Waals surface area contributed by atoms with Gasteiger partial charge in [0.15, 0.2) is 0 Å². The number of hydrogen-bond donors (Lipinski definition) is 0. The Morgan fingerprint density at radius 3 is 2.40 bits per heavy atom. The normalized spacial score (nSPS) is 18.9. The van der Waals surface area contributed by atoms with Crippen molar-refractivity contribution in [3.8, 4) is 0 Å². The number of nitro groups is 1. The Hall–Kier alpha value is -2.52. The van der Waals surface area contributed by atoms with Crippen LogP contribution in [0, 0.1) is 10.1 Å². The Balaban J connectivity index is 1.57. The molecule has 3 rings (SSSR count). The molecule has 0 saturated carbocycles. The molecule has 9 heteroatoms. The van der Waals surface area contributed by atoms with Crippen LogP contribution in [0.15, 0.2) is 24.3 Å². The summed E-state index contributed by atoms with van der Waals surface area (Å²) < 4.78 is 5.30. The highest BCUT2D eigenvalue weighted by Gasteiger charge is 2.36. The number of hydrogen-bond acceptors (Lipinski definition) is 6. The van der Waals surface area contributed by atoms with Crippen LogP contribution in [-0.4, -0.2) is 72.6 Å². The van der Waals surface area contributed by atoms with E-state index in [2.05, 4.69) is 4.90 Å². The highest BCUT2D eigenvalue weighted by molar-refractivity contribution is 6.19. The van der Waals surface area contributed by atoms with E-state index in [1.807, 2.05) is 0 Å². The molecule has 134 valence electrons. The zero-order valence-corrected chi connectivity index (χ0v) is 13.8. The Bertz CT molecular complexity index is 657. The Morgan fingerprint density at radius 1 is 1.08 bits per heavy atom. The molecule has 0 spiro atoms. The first-order valence-electron chi connectivity index (χ1n) is 8.22. The highest BCUT2D eigenvalue weighted by Crippen LogP contribution is 2.24. The third kappa shape index (κ3) is 3.94. The zero-order valence-electron chi connectivity index (χ0n) is 13.8. The number of ether oxygens (including phenoxy) is 1. The van der Waals surface area contributed by atoms with Crippen LogP contribution in [0.3, 0.4) is 0 Å². The number of nitrogens with zero attached hydrogens (tertiary/aromatic N) is 4. The van der Waals surface area contributed by atoms with Crippen molar-refractivity contribution in [3.63, 3.8) is 0 Å². The van der Waals surface area contributed by atoms with Crippen LogP contribution < -0.4 is 4.90 Å². The molecule has 0 unspecified atom stereocenters. The minimum Gasteiger partial charge on any atom is -0.379 e. The molecule has 3 amide bonds. The third-order valence-electron chi connectivity index (χ3n) is 4.36. The minimum absolute atomic E-state index is 0.0406. The number of imide groups is 1. The molecular formula is C16H20N4O5. The van der Waals surface area contributed by atoms with Gasteiger partial charge >= 0.3 is 6.03 Å². The average Bonchev–Trinajstić information content (AvgIpc) is 2.90. The first-order valence-corrected chi connectivity index (χ1v) is 8.22. The van der Waals surface area contributed by atoms with Crippen molar-refractivity contribution in [1.29, 1.82) is 0 Å². The summed E-state index contributed by atoms with van der Waals surface area (Å²) in [7, 11) is 0. The van der Waals surface area contributed by atoms with Gasteiger partial charge in [-0.25, -0.2) is 9.69 Å². The van der Waals surface area contributed by atoms with Gasteiger partial charge in [-0.15, -0.1) is 0 Å². The van der Waals surface area contributed by atoms with Crippen LogP contribution in [0.5, 0.6) is 0 Å². The fourth-order valence-electron chi connectivity index (χ4n) is 3.01. The summed E-state index contributed by atoms with van der Waals surface area (Å²) in [4.78, 5) is 39.7. The van der Waals surface area contributed by atoms with Crippen molar-refractivity contribution >= 4 is 23.3 Å². The molecule has 0 radical (unpaired) electrons. The monoisotopic (exact) mass is 348 g/mol. The number of carbonyl (C=O) groups is 2. The molecule has 2 aliphatic rings. The van der Waals surface area contributed by atoms with Crippen LogP contribution in [-0.2, 0) is 9.53 Å². The van der Waals surface area contributed by atoms with Gasteiger partial charge < -0.3 is 9.64 Å². The third-order valence-corrected chi connectivity index (χ3v) is 4.36. The lowest BCUT2D eigenvalue weighted by atomic mass is 10.2. The average molecular weight is 348 g/mol. The van der Waals surface area contributed by atoms with Gasteiger partial charge in [0, 0.05) is 38.3 Å². The van der Waals surface area contributed by atoms with Crippen molar-refractivity contribution in [2.75, 3.05) is 50.8 Å². The Morgan fingerprint density at radius 2 is 1.76 bits per heavy atom. The first kappa shape index (κ1) is 17.3. The van der Waals surface area contributed by atoms with E-state index in [4.69, 9.17) is 4.74 Å². The van der Waals surface area contributed by atoms with E-state index in [-0.39, 0.29) is 24.2 Å². The molecule has 2 aliphatic heterocycles. The highest BCUT2D eigenvalue weighted by atomic mass is 16.6. The molecule has 2 heterocycles. The van der Waals surface area contributed by atoms with Gasteiger partial charge in [-0.2, -0.15) is 0 Å². The van der Waals surface area contributed by atoms with Gasteiger partial charge in [-0.05, 0) is 18.6 Å². The predicted molar refractivity (Wildman–Crippen MR) is 89.4 cm³/mol. The van der Waals surface area contributed by atoms with E-state index in [1.165, 1.54) is 29.2 Å². The number of carbonyl (C=O) groups excluding carboxylic acids is 2. The number of urea groups is 1. The second-order valence-electron chi connectivity index (χ2n) is 6.01. The van der Waals surface area contributed by atoms with E-state index >= 15 is 0 Å². The number of rotatable bonds is 6. The second kappa shape index (κ2) is 7.58. The van der Waals surface area contributed by atoms with Gasteiger partial charge in [0.25, 0.3) is 11.6 Å². The molecule has 0 bridgehead atoms. The van der Waals surface area contributed by atoms with Gasteiger partial charge in [-0.3, -0.25) is 19.8 Å². The van der Waals surface area contributed by atoms with Crippen molar-refractivity contribution < 1.29 is 19.2 Å². The van der Waals surface area contributed by atoms with Gasteiger partial charge in [0.2, 0.25) is 0 Å². The molecule has 1 aromatic rings. The van der Waals surface area contributed by atoms with Crippen LogP contribution in [0.2, 0.25) is 0 Å². The lowest BCUT2D eigenvalue weighted by Crippen LogP contribution is -2.39. The zero-order chi connectivity index (χ0) is 17.8. The fourth-order valence-corrected chi connectivity index (χ4v) is 3.01. The number of morpholine rings is 1. The summed E-state index contributed by atoms with van der Waals surface area (Å²) in [6.45, 7) is 4.65. The topological polar surface area (TPSA) is 96.2 Å². The van der Waals surface area contributed by atoms with Crippen LogP contribution >= 0.6 is 0 Å². The van der Waals surface area contributed by atoms with Gasteiger partial charge in [-0.1, -0.05) is 0 Å². The number of nitro benzene ring substituents is 1. The summed E-state index contributed by atoms with van der Waals surface area (Å²) in [6.07, 6.45) is 0.785. The molecule has 0 N–H and O–H groups in total. The van der Waals surface area contributed by atoms with Crippen LogP contribution in [0.25, 0.3) is 0 Å². The molecule has 25 heavy (non-hydrogen) atoms. The van der Waals surface area contributed by atoms with Crippen molar-refractivity contribution in [3.05, 3.63) is 34.4 Å². The maximum atomic E-state index is 12.5. The maximum Gasteiger partial charge on any atom is 0.331 e. The lowest BCUT2D eigenvalue weighted by Gasteiger charge is -2.27. The summed E-state index contributed by atoms with van der Waals surface area (Å²) >= 11 is 0. The largest absolute Gasteiger partial charge is 0.379 e. The molecule has 0 aromatic heterocycles. The molecule has 1 aromatic carbocycles. The number of non-ortho nitro benzene ring substituents is 1. The first-order chi connectivity index (χ1) is 12.1. The molecule has 2 fully saturated rings. The second-order valence-corrected chi connectivity index (χ2v) is 6.01. The van der Waals surface area contributed by atoms with Crippen molar-refractivity contribution in [2.24, 2.45) is 0 Å². The smallest absolute Gasteiger partial charge is 0.331 e. The molecule has 9 nitrogen and oxygen atoms in total. The van der Waals surface area contributed by atoms with E-state index in [9.17, 15) is 19.7 Å². The number of amides is 3. The van der Waals surface area contributed by atoms with Crippen molar-refractivity contribution in [2.45, 2.75) is 6.42 Å². The molecular weight excluding hydrogens is 328 g/mol. The Labute approximate surface area is 144 Å². The fraction of sp³-hybridized carbons (Fsp3) is 0.500. The molecule has 0 aliphatic carbocycles. The summed E-state index contributed by atoms with van der Waals surface area (Å²) in [5, 5.41) is 10.7. The minimum atomic E-state index is -0.519. The SMILES string of the molecule is O=C1CN(CCCN2CCOCC2)C(=O)N1c1ccc([N+](=O)[O-])cc1. The van der Waals surface area contributed by atoms with E-state index in [0.717, 1.165) is 44.2 Å². The van der Waals surface area contributed by atoms with Crippen LogP contribution in [0.1, 0.15) is 6.42 Å².